The van der Waals surface area contributed by atoms with Crippen LogP contribution in [0.1, 0.15) is 34.1 Å². The summed E-state index contributed by atoms with van der Waals surface area (Å²) in [6.45, 7) is 7.38. The maximum atomic E-state index is 8.91. The van der Waals surface area contributed by atoms with Gasteiger partial charge in [-0.25, -0.2) is 0 Å². The van der Waals surface area contributed by atoms with Gasteiger partial charge in [-0.1, -0.05) is 0 Å². The van der Waals surface area contributed by atoms with E-state index in [1.807, 2.05) is 27.7 Å². The summed E-state index contributed by atoms with van der Waals surface area (Å²) in [5, 5.41) is 8.91. The minimum Gasteiger partial charge on any atom is -0.343 e. The molecule has 3 fully saturated rings. The Kier molecular flexibility index (Phi) is 2.89. The molecular weight excluding hydrogens is 250 g/mol. The summed E-state index contributed by atoms with van der Waals surface area (Å²) >= 11 is 0. The third kappa shape index (κ3) is 2.26. The smallest absolute Gasteiger partial charge is 0.190 e. The first kappa shape index (κ1) is 13.3. The van der Waals surface area contributed by atoms with Crippen molar-refractivity contribution in [1.82, 2.24) is 0 Å². The van der Waals surface area contributed by atoms with Gasteiger partial charge in [0.15, 0.2) is 17.9 Å². The number of hydrogen-bond acceptors (Lipinski definition) is 6. The first-order valence-electron chi connectivity index (χ1n) is 6.55. The monoisotopic (exact) mass is 269 g/mol. The molecule has 3 heterocycles. The van der Waals surface area contributed by atoms with E-state index in [1.54, 1.807) is 0 Å². The Morgan fingerprint density at radius 3 is 2.16 bits per heavy atom. The molecular formula is C13H19NO5. The van der Waals surface area contributed by atoms with Gasteiger partial charge in [-0.05, 0) is 27.7 Å². The minimum atomic E-state index is -0.711. The highest BCUT2D eigenvalue weighted by Crippen LogP contribution is 2.44. The van der Waals surface area contributed by atoms with E-state index >= 15 is 0 Å². The van der Waals surface area contributed by atoms with Gasteiger partial charge in [-0.2, -0.15) is 5.26 Å². The summed E-state index contributed by atoms with van der Waals surface area (Å²) in [6.07, 6.45) is -1.50. The second-order valence-corrected chi connectivity index (χ2v) is 6.07. The molecule has 3 aliphatic rings. The Morgan fingerprint density at radius 2 is 1.47 bits per heavy atom. The van der Waals surface area contributed by atoms with E-state index in [0.29, 0.717) is 0 Å². The van der Waals surface area contributed by atoms with Crippen molar-refractivity contribution in [2.24, 2.45) is 0 Å². The van der Waals surface area contributed by atoms with Crippen molar-refractivity contribution >= 4 is 0 Å². The number of fused-ring (bicyclic) bond motifs is 3. The Hall–Kier alpha value is -0.710. The second-order valence-electron chi connectivity index (χ2n) is 6.07. The van der Waals surface area contributed by atoms with Crippen molar-refractivity contribution < 1.29 is 23.7 Å². The van der Waals surface area contributed by atoms with Crippen LogP contribution in [0.2, 0.25) is 0 Å². The van der Waals surface area contributed by atoms with Gasteiger partial charge in [-0.15, -0.1) is 0 Å². The van der Waals surface area contributed by atoms with Crippen LogP contribution in [-0.2, 0) is 23.7 Å². The fourth-order valence-electron chi connectivity index (χ4n) is 2.95. The third-order valence-corrected chi connectivity index (χ3v) is 3.54. The minimum absolute atomic E-state index is 0.244. The molecule has 106 valence electrons. The molecule has 0 saturated carbocycles. The molecule has 3 rings (SSSR count). The molecule has 0 aromatic heterocycles. The molecule has 0 amide bonds. The van der Waals surface area contributed by atoms with Gasteiger partial charge in [0, 0.05) is 0 Å². The van der Waals surface area contributed by atoms with E-state index in [1.165, 1.54) is 0 Å². The van der Waals surface area contributed by atoms with Crippen molar-refractivity contribution in [1.29, 1.82) is 5.26 Å². The van der Waals surface area contributed by atoms with Gasteiger partial charge in [-0.3, -0.25) is 0 Å². The lowest BCUT2D eigenvalue weighted by Gasteiger charge is -2.36. The number of ether oxygens (including phenoxy) is 5. The quantitative estimate of drug-likeness (QED) is 0.714. The summed E-state index contributed by atoms with van der Waals surface area (Å²) < 4.78 is 29.2. The normalized spacial score (nSPS) is 46.4. The Bertz CT molecular complexity index is 416. The fraction of sp³-hybridized carbons (Fsp3) is 0.923. The van der Waals surface area contributed by atoms with Crippen LogP contribution in [0.5, 0.6) is 0 Å². The molecule has 6 heteroatoms. The van der Waals surface area contributed by atoms with Crippen LogP contribution in [0.4, 0.5) is 0 Å². The summed E-state index contributed by atoms with van der Waals surface area (Å²) in [4.78, 5) is 0. The Balaban J connectivity index is 1.87. The molecule has 5 atom stereocenters. The number of nitrogens with zero attached hydrogens (tertiary/aromatic N) is 1. The summed E-state index contributed by atoms with van der Waals surface area (Å²) in [7, 11) is 0. The van der Waals surface area contributed by atoms with E-state index in [0.717, 1.165) is 0 Å². The molecule has 0 bridgehead atoms. The lowest BCUT2D eigenvalue weighted by molar-refractivity contribution is -0.232. The van der Waals surface area contributed by atoms with Crippen LogP contribution >= 0.6 is 0 Å². The molecule has 19 heavy (non-hydrogen) atoms. The van der Waals surface area contributed by atoms with Gasteiger partial charge in [0.1, 0.15) is 24.4 Å². The maximum Gasteiger partial charge on any atom is 0.190 e. The highest BCUT2D eigenvalue weighted by Gasteiger charge is 2.60. The molecule has 2 unspecified atom stereocenters. The Labute approximate surface area is 112 Å². The van der Waals surface area contributed by atoms with E-state index in [-0.39, 0.29) is 30.8 Å². The topological polar surface area (TPSA) is 69.9 Å². The van der Waals surface area contributed by atoms with E-state index < -0.39 is 17.9 Å². The third-order valence-electron chi connectivity index (χ3n) is 3.54. The van der Waals surface area contributed by atoms with Crippen LogP contribution in [-0.4, -0.2) is 42.3 Å². The standard InChI is InChI=1S/C13H19NO5/c1-12(2)16-8-7(5-6-14)15-11-10(9(8)17-12)18-13(3,4)19-11/h7-11H,5H2,1-4H3/t7-,8+,9+,10?,11?/m0/s1. The van der Waals surface area contributed by atoms with Gasteiger partial charge < -0.3 is 23.7 Å². The first-order valence-corrected chi connectivity index (χ1v) is 6.55. The van der Waals surface area contributed by atoms with Crippen LogP contribution in [0.3, 0.4) is 0 Å². The van der Waals surface area contributed by atoms with E-state index in [4.69, 9.17) is 28.9 Å². The largest absolute Gasteiger partial charge is 0.343 e. The zero-order valence-electron chi connectivity index (χ0n) is 11.6. The molecule has 0 aromatic rings. The van der Waals surface area contributed by atoms with Crippen LogP contribution in [0.15, 0.2) is 0 Å². The number of rotatable bonds is 1. The molecule has 0 aromatic carbocycles. The number of nitriles is 1. The molecule has 0 radical (unpaired) electrons. The molecule has 0 spiro atoms. The van der Waals surface area contributed by atoms with Crippen LogP contribution < -0.4 is 0 Å². The van der Waals surface area contributed by atoms with E-state index in [2.05, 4.69) is 6.07 Å². The van der Waals surface area contributed by atoms with Crippen molar-refractivity contribution in [2.75, 3.05) is 0 Å². The van der Waals surface area contributed by atoms with Crippen LogP contribution in [0, 0.1) is 11.3 Å². The van der Waals surface area contributed by atoms with E-state index in [9.17, 15) is 0 Å². The van der Waals surface area contributed by atoms with Gasteiger partial charge in [0.25, 0.3) is 0 Å². The van der Waals surface area contributed by atoms with Crippen LogP contribution in [0.25, 0.3) is 0 Å². The van der Waals surface area contributed by atoms with Gasteiger partial charge in [0.2, 0.25) is 0 Å². The Morgan fingerprint density at radius 1 is 0.895 bits per heavy atom. The van der Waals surface area contributed by atoms with Gasteiger partial charge in [0.05, 0.1) is 12.5 Å². The maximum absolute atomic E-state index is 8.91. The molecule has 0 N–H and O–H groups in total. The second kappa shape index (κ2) is 4.14. The lowest BCUT2D eigenvalue weighted by atomic mass is 9.97. The van der Waals surface area contributed by atoms with Gasteiger partial charge >= 0.3 is 0 Å². The van der Waals surface area contributed by atoms with Crippen molar-refractivity contribution in [3.05, 3.63) is 0 Å². The summed E-state index contributed by atoms with van der Waals surface area (Å²) in [5.41, 5.74) is 0. The highest BCUT2D eigenvalue weighted by molar-refractivity contribution is 5.01. The van der Waals surface area contributed by atoms with Crippen molar-refractivity contribution in [2.45, 2.75) is 76.4 Å². The summed E-state index contributed by atoms with van der Waals surface area (Å²) in [6, 6.07) is 2.12. The first-order chi connectivity index (χ1) is 8.81. The average Bonchev–Trinajstić information content (AvgIpc) is 2.74. The highest BCUT2D eigenvalue weighted by atomic mass is 16.9. The SMILES string of the molecule is CC1(C)OC2O[C@@H](CC#N)[C@H]3OC(C)(C)O[C@H]3C2O1. The molecule has 6 nitrogen and oxygen atoms in total. The van der Waals surface area contributed by atoms with Crippen molar-refractivity contribution in [3.8, 4) is 6.07 Å². The predicted octanol–water partition coefficient (Wildman–Crippen LogP) is 1.30. The predicted molar refractivity (Wildman–Crippen MR) is 62.8 cm³/mol. The zero-order valence-corrected chi connectivity index (χ0v) is 11.6. The number of hydrogen-bond donors (Lipinski definition) is 0. The average molecular weight is 269 g/mol. The fourth-order valence-corrected chi connectivity index (χ4v) is 2.95. The summed E-state index contributed by atoms with van der Waals surface area (Å²) in [5.74, 6) is -1.41. The molecule has 3 aliphatic heterocycles. The van der Waals surface area contributed by atoms with Crippen molar-refractivity contribution in [3.63, 3.8) is 0 Å². The molecule has 3 saturated heterocycles. The molecule has 0 aliphatic carbocycles. The lowest BCUT2D eigenvalue weighted by Crippen LogP contribution is -2.54. The zero-order chi connectivity index (χ0) is 13.8.